The van der Waals surface area contributed by atoms with Crippen LogP contribution in [0, 0.1) is 0 Å². The third-order valence-corrected chi connectivity index (χ3v) is 5.10. The van der Waals surface area contributed by atoms with Crippen LogP contribution in [0.2, 0.25) is 0 Å². The Morgan fingerprint density at radius 1 is 0.880 bits per heavy atom. The zero-order valence-electron chi connectivity index (χ0n) is 14.7. The first-order chi connectivity index (χ1) is 12.0. The molecule has 0 radical (unpaired) electrons. The first-order valence-electron chi connectivity index (χ1n) is 9.00. The summed E-state index contributed by atoms with van der Waals surface area (Å²) in [5, 5.41) is 3.05. The molecule has 3 rings (SSSR count). The highest BCUT2D eigenvalue weighted by molar-refractivity contribution is 5.98. The van der Waals surface area contributed by atoms with Gasteiger partial charge in [0, 0.05) is 50.3 Å². The number of piperazine rings is 1. The molecule has 0 aromatic heterocycles. The van der Waals surface area contributed by atoms with Crippen molar-refractivity contribution in [2.24, 2.45) is 0 Å². The van der Waals surface area contributed by atoms with Crippen LogP contribution >= 0.6 is 0 Å². The lowest BCUT2D eigenvalue weighted by molar-refractivity contribution is -0.130. The van der Waals surface area contributed by atoms with Gasteiger partial charge in [-0.1, -0.05) is 12.8 Å². The molecule has 3 amide bonds. The van der Waals surface area contributed by atoms with E-state index in [0.29, 0.717) is 37.3 Å². The number of nitrogens with zero attached hydrogens (tertiary/aromatic N) is 2. The van der Waals surface area contributed by atoms with E-state index >= 15 is 0 Å². The summed E-state index contributed by atoms with van der Waals surface area (Å²) in [4.78, 5) is 39.7. The number of carbonyl (C=O) groups is 3. The van der Waals surface area contributed by atoms with E-state index in [4.69, 9.17) is 0 Å². The number of rotatable bonds is 3. The van der Waals surface area contributed by atoms with Gasteiger partial charge in [-0.2, -0.15) is 0 Å². The fraction of sp³-hybridized carbons (Fsp3) is 0.526. The maximum absolute atomic E-state index is 12.6. The van der Waals surface area contributed by atoms with Crippen molar-refractivity contribution in [1.29, 1.82) is 0 Å². The molecule has 1 aromatic carbocycles. The molecule has 6 nitrogen and oxygen atoms in total. The quantitative estimate of drug-likeness (QED) is 0.907. The average Bonchev–Trinajstić information content (AvgIpc) is 3.14. The zero-order valence-corrected chi connectivity index (χ0v) is 14.7. The molecule has 0 spiro atoms. The summed E-state index contributed by atoms with van der Waals surface area (Å²) >= 11 is 0. The molecule has 1 saturated carbocycles. The molecule has 0 unspecified atom stereocenters. The Morgan fingerprint density at radius 2 is 1.40 bits per heavy atom. The summed E-state index contributed by atoms with van der Waals surface area (Å²) in [6.07, 6.45) is 4.45. The number of nitrogens with one attached hydrogen (secondary N) is 1. The van der Waals surface area contributed by atoms with Gasteiger partial charge in [-0.25, -0.2) is 0 Å². The average molecular weight is 343 g/mol. The maximum atomic E-state index is 12.6. The molecule has 134 valence electrons. The van der Waals surface area contributed by atoms with Gasteiger partial charge in [0.05, 0.1) is 0 Å². The molecule has 1 aromatic rings. The zero-order chi connectivity index (χ0) is 17.8. The highest BCUT2D eigenvalue weighted by Gasteiger charge is 2.23. The molecule has 1 aliphatic heterocycles. The highest BCUT2D eigenvalue weighted by atomic mass is 16.2. The Labute approximate surface area is 148 Å². The molecule has 1 saturated heterocycles. The Kier molecular flexibility index (Phi) is 5.36. The SMILES string of the molecule is CC(=O)N1CCN(C(=O)c2ccc(C(=O)NC3CCCC3)cc2)CC1. The molecule has 1 heterocycles. The molecule has 25 heavy (non-hydrogen) atoms. The standard InChI is InChI=1S/C19H25N3O3/c1-14(23)21-10-12-22(13-11-21)19(25)16-8-6-15(7-9-16)18(24)20-17-4-2-3-5-17/h6-9,17H,2-5,10-13H2,1H3,(H,20,24). The van der Waals surface area contributed by atoms with Crippen LogP contribution < -0.4 is 5.32 Å². The topological polar surface area (TPSA) is 69.7 Å². The summed E-state index contributed by atoms with van der Waals surface area (Å²) in [5.74, 6) is -0.0725. The lowest BCUT2D eigenvalue weighted by Crippen LogP contribution is -2.50. The van der Waals surface area contributed by atoms with E-state index in [1.54, 1.807) is 41.0 Å². The fourth-order valence-corrected chi connectivity index (χ4v) is 3.51. The largest absolute Gasteiger partial charge is 0.349 e. The van der Waals surface area contributed by atoms with Crippen LogP contribution in [-0.2, 0) is 4.79 Å². The van der Waals surface area contributed by atoms with Crippen LogP contribution in [0.5, 0.6) is 0 Å². The number of hydrogen-bond donors (Lipinski definition) is 1. The van der Waals surface area contributed by atoms with E-state index < -0.39 is 0 Å². The van der Waals surface area contributed by atoms with Gasteiger partial charge in [0.25, 0.3) is 11.8 Å². The van der Waals surface area contributed by atoms with Crippen molar-refractivity contribution >= 4 is 17.7 Å². The Hall–Kier alpha value is -2.37. The van der Waals surface area contributed by atoms with Gasteiger partial charge in [0.15, 0.2) is 0 Å². The van der Waals surface area contributed by atoms with E-state index in [1.807, 2.05) is 0 Å². The van der Waals surface area contributed by atoms with Gasteiger partial charge in [-0.05, 0) is 37.1 Å². The maximum Gasteiger partial charge on any atom is 0.253 e. The molecule has 6 heteroatoms. The second kappa shape index (κ2) is 7.68. The van der Waals surface area contributed by atoms with Gasteiger partial charge < -0.3 is 15.1 Å². The summed E-state index contributed by atoms with van der Waals surface area (Å²) in [7, 11) is 0. The minimum absolute atomic E-state index is 0.0460. The van der Waals surface area contributed by atoms with Crippen molar-refractivity contribution in [2.75, 3.05) is 26.2 Å². The van der Waals surface area contributed by atoms with Crippen molar-refractivity contribution in [1.82, 2.24) is 15.1 Å². The van der Waals surface area contributed by atoms with Crippen molar-refractivity contribution in [3.05, 3.63) is 35.4 Å². The van der Waals surface area contributed by atoms with Gasteiger partial charge in [0.2, 0.25) is 5.91 Å². The van der Waals surface area contributed by atoms with E-state index in [9.17, 15) is 14.4 Å². The molecule has 1 N–H and O–H groups in total. The normalized spacial score (nSPS) is 18.3. The van der Waals surface area contributed by atoms with Crippen LogP contribution in [0.1, 0.15) is 53.3 Å². The van der Waals surface area contributed by atoms with E-state index in [0.717, 1.165) is 12.8 Å². The van der Waals surface area contributed by atoms with E-state index in [2.05, 4.69) is 5.32 Å². The van der Waals surface area contributed by atoms with Crippen LogP contribution in [0.25, 0.3) is 0 Å². The third-order valence-electron chi connectivity index (χ3n) is 5.10. The van der Waals surface area contributed by atoms with E-state index in [1.165, 1.54) is 12.8 Å². The Morgan fingerprint density at radius 3 is 1.96 bits per heavy atom. The van der Waals surface area contributed by atoms with E-state index in [-0.39, 0.29) is 23.8 Å². The summed E-state index contributed by atoms with van der Waals surface area (Å²) in [6.45, 7) is 3.78. The number of carbonyl (C=O) groups excluding carboxylic acids is 3. The lowest BCUT2D eigenvalue weighted by Gasteiger charge is -2.34. The van der Waals surface area contributed by atoms with Crippen molar-refractivity contribution in [3.63, 3.8) is 0 Å². The van der Waals surface area contributed by atoms with Crippen LogP contribution in [0.4, 0.5) is 0 Å². The first kappa shape index (κ1) is 17.5. The molecular formula is C19H25N3O3. The van der Waals surface area contributed by atoms with Gasteiger partial charge in [0.1, 0.15) is 0 Å². The monoisotopic (exact) mass is 343 g/mol. The molecule has 1 aliphatic carbocycles. The number of benzene rings is 1. The predicted octanol–water partition coefficient (Wildman–Crippen LogP) is 1.66. The van der Waals surface area contributed by atoms with Gasteiger partial charge in [-0.3, -0.25) is 14.4 Å². The number of hydrogen-bond acceptors (Lipinski definition) is 3. The van der Waals surface area contributed by atoms with Gasteiger partial charge >= 0.3 is 0 Å². The minimum atomic E-state index is -0.0685. The van der Waals surface area contributed by atoms with Crippen molar-refractivity contribution in [2.45, 2.75) is 38.6 Å². The second-order valence-corrected chi connectivity index (χ2v) is 6.83. The van der Waals surface area contributed by atoms with Crippen LogP contribution in [-0.4, -0.2) is 59.7 Å². The minimum Gasteiger partial charge on any atom is -0.349 e. The van der Waals surface area contributed by atoms with Crippen LogP contribution in [0.15, 0.2) is 24.3 Å². The molecule has 2 fully saturated rings. The second-order valence-electron chi connectivity index (χ2n) is 6.83. The van der Waals surface area contributed by atoms with Crippen molar-refractivity contribution in [3.8, 4) is 0 Å². The molecule has 2 aliphatic rings. The van der Waals surface area contributed by atoms with Crippen LogP contribution in [0.3, 0.4) is 0 Å². The lowest BCUT2D eigenvalue weighted by atomic mass is 10.1. The summed E-state index contributed by atoms with van der Waals surface area (Å²) in [5.41, 5.74) is 1.17. The molecule has 0 bridgehead atoms. The predicted molar refractivity (Wildman–Crippen MR) is 94.3 cm³/mol. The van der Waals surface area contributed by atoms with Gasteiger partial charge in [-0.15, -0.1) is 0 Å². The number of amides is 3. The Balaban J connectivity index is 1.57. The molecular weight excluding hydrogens is 318 g/mol. The van der Waals surface area contributed by atoms with Crippen molar-refractivity contribution < 1.29 is 14.4 Å². The smallest absolute Gasteiger partial charge is 0.253 e. The third kappa shape index (κ3) is 4.18. The Bertz CT molecular complexity index is 642. The summed E-state index contributed by atoms with van der Waals surface area (Å²) in [6, 6.07) is 7.13. The first-order valence-corrected chi connectivity index (χ1v) is 9.00. The summed E-state index contributed by atoms with van der Waals surface area (Å²) < 4.78 is 0. The highest BCUT2D eigenvalue weighted by Crippen LogP contribution is 2.18. The molecule has 0 atom stereocenters. The fourth-order valence-electron chi connectivity index (χ4n) is 3.51.